The van der Waals surface area contributed by atoms with Crippen LogP contribution in [0, 0.1) is 32.1 Å². The van der Waals surface area contributed by atoms with Crippen LogP contribution < -0.4 is 10.9 Å². The van der Waals surface area contributed by atoms with Gasteiger partial charge in [0.05, 0.1) is 0 Å². The minimum absolute atomic E-state index is 0.00698. The van der Waals surface area contributed by atoms with Crippen LogP contribution >= 0.6 is 0 Å². The first kappa shape index (κ1) is 20.2. The van der Waals surface area contributed by atoms with Gasteiger partial charge < -0.3 is 14.3 Å². The average molecular weight is 389 g/mol. The topological polar surface area (TPSA) is 88.0 Å². The minimum Gasteiger partial charge on any atom is -0.423 e. The number of nitrogens with zero attached hydrogens (tertiary/aromatic N) is 2. The van der Waals surface area contributed by atoms with Crippen molar-refractivity contribution in [3.63, 3.8) is 0 Å². The van der Waals surface area contributed by atoms with Gasteiger partial charge in [-0.05, 0) is 62.6 Å². The van der Waals surface area contributed by atoms with Crippen molar-refractivity contribution in [1.82, 2.24) is 4.57 Å². The Bertz CT molecular complexity index is 1220. The number of carbonyl (C=O) groups excluding carboxylic acids is 1. The molecule has 0 fully saturated rings. The molecular weight excluding hydrogens is 366 g/mol. The third-order valence-electron chi connectivity index (χ3n) is 4.93. The molecule has 148 valence electrons. The number of nitriles is 1. The van der Waals surface area contributed by atoms with Gasteiger partial charge in [-0.2, -0.15) is 5.26 Å². The summed E-state index contributed by atoms with van der Waals surface area (Å²) in [6.07, 6.45) is 2.61. The quantitative estimate of drug-likeness (QED) is 0.396. The predicted octanol–water partition coefficient (Wildman–Crippen LogP) is 4.48. The van der Waals surface area contributed by atoms with Gasteiger partial charge in [-0.3, -0.25) is 4.79 Å². The summed E-state index contributed by atoms with van der Waals surface area (Å²) in [6.45, 7) is 8.81. The van der Waals surface area contributed by atoms with Crippen molar-refractivity contribution in [2.24, 2.45) is 0 Å². The molecule has 6 nitrogen and oxygen atoms in total. The standard InChI is InChI=1S/C23H23N3O3/c1-5-8-26-15(3)10-17(16(26)4)11-18(13-24)23(28)25-19-6-7-20-14(2)9-22(27)29-21(20)12-19/h6-7,9-12H,5,8H2,1-4H3,(H,25,28)/b18-11+. The summed E-state index contributed by atoms with van der Waals surface area (Å²) >= 11 is 0. The van der Waals surface area contributed by atoms with Crippen LogP contribution in [0.25, 0.3) is 17.0 Å². The van der Waals surface area contributed by atoms with Gasteiger partial charge in [-0.25, -0.2) is 4.79 Å². The van der Waals surface area contributed by atoms with E-state index in [1.54, 1.807) is 24.3 Å². The molecule has 1 aromatic carbocycles. The van der Waals surface area contributed by atoms with Crippen molar-refractivity contribution < 1.29 is 9.21 Å². The van der Waals surface area contributed by atoms with Gasteiger partial charge in [0.1, 0.15) is 17.2 Å². The number of fused-ring (bicyclic) bond motifs is 1. The normalized spacial score (nSPS) is 11.5. The molecule has 0 spiro atoms. The molecule has 0 atom stereocenters. The SMILES string of the molecule is CCCn1c(C)cc(/C=C(\C#N)C(=O)Nc2ccc3c(C)cc(=O)oc3c2)c1C. The lowest BCUT2D eigenvalue weighted by molar-refractivity contribution is -0.112. The summed E-state index contributed by atoms with van der Waals surface area (Å²) in [6, 6.07) is 10.5. The van der Waals surface area contributed by atoms with Crippen molar-refractivity contribution in [2.75, 3.05) is 5.32 Å². The molecule has 0 saturated carbocycles. The third kappa shape index (κ3) is 4.14. The van der Waals surface area contributed by atoms with Crippen LogP contribution in [-0.2, 0) is 11.3 Å². The molecule has 0 radical (unpaired) electrons. The van der Waals surface area contributed by atoms with Gasteiger partial charge in [-0.1, -0.05) is 6.92 Å². The molecule has 1 N–H and O–H groups in total. The Morgan fingerprint density at radius 3 is 2.69 bits per heavy atom. The van der Waals surface area contributed by atoms with Crippen LogP contribution in [0.4, 0.5) is 5.69 Å². The predicted molar refractivity (Wildman–Crippen MR) is 114 cm³/mol. The maximum absolute atomic E-state index is 12.6. The molecule has 3 rings (SSSR count). The second-order valence-corrected chi connectivity index (χ2v) is 7.06. The van der Waals surface area contributed by atoms with Crippen molar-refractivity contribution in [1.29, 1.82) is 5.26 Å². The van der Waals surface area contributed by atoms with Crippen molar-refractivity contribution >= 4 is 28.6 Å². The maximum Gasteiger partial charge on any atom is 0.336 e. The fourth-order valence-corrected chi connectivity index (χ4v) is 3.45. The lowest BCUT2D eigenvalue weighted by atomic mass is 10.1. The van der Waals surface area contributed by atoms with Crippen LogP contribution in [0.1, 0.15) is 35.9 Å². The number of carbonyl (C=O) groups is 1. The summed E-state index contributed by atoms with van der Waals surface area (Å²) in [4.78, 5) is 24.2. The second-order valence-electron chi connectivity index (χ2n) is 7.06. The molecule has 2 aromatic heterocycles. The Morgan fingerprint density at radius 1 is 1.24 bits per heavy atom. The van der Waals surface area contributed by atoms with E-state index < -0.39 is 11.5 Å². The molecule has 0 aliphatic rings. The highest BCUT2D eigenvalue weighted by atomic mass is 16.4. The molecular formula is C23H23N3O3. The summed E-state index contributed by atoms with van der Waals surface area (Å²) in [5.74, 6) is -0.512. The monoisotopic (exact) mass is 389 g/mol. The summed E-state index contributed by atoms with van der Waals surface area (Å²) < 4.78 is 7.39. The second kappa shape index (κ2) is 8.19. The molecule has 0 aliphatic carbocycles. The van der Waals surface area contributed by atoms with E-state index >= 15 is 0 Å². The van der Waals surface area contributed by atoms with Crippen molar-refractivity contribution in [3.8, 4) is 6.07 Å². The third-order valence-corrected chi connectivity index (χ3v) is 4.93. The average Bonchev–Trinajstić information content (AvgIpc) is 2.93. The molecule has 29 heavy (non-hydrogen) atoms. The van der Waals surface area contributed by atoms with Crippen LogP contribution in [0.3, 0.4) is 0 Å². The molecule has 6 heteroatoms. The Kier molecular flexibility index (Phi) is 5.69. The maximum atomic E-state index is 12.6. The first-order valence-corrected chi connectivity index (χ1v) is 9.48. The van der Waals surface area contributed by atoms with Gasteiger partial charge in [0.25, 0.3) is 5.91 Å². The van der Waals surface area contributed by atoms with E-state index in [0.717, 1.165) is 40.9 Å². The molecule has 3 aromatic rings. The Labute approximate surface area is 169 Å². The lowest BCUT2D eigenvalue weighted by Crippen LogP contribution is -2.13. The zero-order valence-corrected chi connectivity index (χ0v) is 17.0. The molecule has 2 heterocycles. The number of benzene rings is 1. The first-order valence-electron chi connectivity index (χ1n) is 9.48. The molecule has 0 bridgehead atoms. The number of nitrogens with one attached hydrogen (secondary N) is 1. The highest BCUT2D eigenvalue weighted by Gasteiger charge is 2.14. The number of anilines is 1. The van der Waals surface area contributed by atoms with Crippen molar-refractivity contribution in [3.05, 3.63) is 68.8 Å². The molecule has 0 unspecified atom stereocenters. The minimum atomic E-state index is -0.512. The lowest BCUT2D eigenvalue weighted by Gasteiger charge is -2.08. The fraction of sp³-hybridized carbons (Fsp3) is 0.261. The molecule has 1 amide bonds. The van der Waals surface area contributed by atoms with Gasteiger partial charge in [0.2, 0.25) is 0 Å². The number of rotatable bonds is 5. The van der Waals surface area contributed by atoms with Gasteiger partial charge in [0, 0.05) is 41.1 Å². The largest absolute Gasteiger partial charge is 0.423 e. The van der Waals surface area contributed by atoms with E-state index in [9.17, 15) is 14.9 Å². The smallest absolute Gasteiger partial charge is 0.336 e. The summed E-state index contributed by atoms with van der Waals surface area (Å²) in [5, 5.41) is 13.0. The number of aryl methyl sites for hydroxylation is 2. The zero-order chi connectivity index (χ0) is 21.1. The van der Waals surface area contributed by atoms with Gasteiger partial charge in [-0.15, -0.1) is 0 Å². The molecule has 0 saturated heterocycles. The van der Waals surface area contributed by atoms with E-state index in [1.807, 2.05) is 32.9 Å². The number of amides is 1. The van der Waals surface area contributed by atoms with Crippen LogP contribution in [0.2, 0.25) is 0 Å². The van der Waals surface area contributed by atoms with E-state index in [4.69, 9.17) is 4.42 Å². The Balaban J connectivity index is 1.90. The Hall–Kier alpha value is -3.59. The van der Waals surface area contributed by atoms with Crippen LogP contribution in [-0.4, -0.2) is 10.5 Å². The first-order chi connectivity index (χ1) is 13.8. The highest BCUT2D eigenvalue weighted by Crippen LogP contribution is 2.22. The number of hydrogen-bond donors (Lipinski definition) is 1. The van der Waals surface area contributed by atoms with Crippen LogP contribution in [0.15, 0.2) is 45.1 Å². The Morgan fingerprint density at radius 2 is 2.00 bits per heavy atom. The fourth-order valence-electron chi connectivity index (χ4n) is 3.45. The zero-order valence-electron chi connectivity index (χ0n) is 17.0. The van der Waals surface area contributed by atoms with Crippen molar-refractivity contribution in [2.45, 2.75) is 40.7 Å². The number of aromatic nitrogens is 1. The van der Waals surface area contributed by atoms with Crippen LogP contribution in [0.5, 0.6) is 0 Å². The van der Waals surface area contributed by atoms with Gasteiger partial charge >= 0.3 is 5.63 Å². The highest BCUT2D eigenvalue weighted by molar-refractivity contribution is 6.10. The van der Waals surface area contributed by atoms with E-state index in [2.05, 4.69) is 16.8 Å². The number of hydrogen-bond acceptors (Lipinski definition) is 4. The van der Waals surface area contributed by atoms with E-state index in [0.29, 0.717) is 11.3 Å². The summed E-state index contributed by atoms with van der Waals surface area (Å²) in [5.41, 5.74) is 4.16. The molecule has 0 aliphatic heterocycles. The summed E-state index contributed by atoms with van der Waals surface area (Å²) in [7, 11) is 0. The van der Waals surface area contributed by atoms with Gasteiger partial charge in [0.15, 0.2) is 0 Å². The van der Waals surface area contributed by atoms with E-state index in [1.165, 1.54) is 6.07 Å². The van der Waals surface area contributed by atoms with E-state index in [-0.39, 0.29) is 5.57 Å².